The molecule has 0 bridgehead atoms. The van der Waals surface area contributed by atoms with Crippen molar-refractivity contribution in [1.82, 2.24) is 4.98 Å². The highest BCUT2D eigenvalue weighted by molar-refractivity contribution is 9.10. The molecule has 1 fully saturated rings. The number of rotatable bonds is 2. The van der Waals surface area contributed by atoms with Crippen molar-refractivity contribution in [3.63, 3.8) is 0 Å². The summed E-state index contributed by atoms with van der Waals surface area (Å²) in [5.41, 5.74) is 2.62. The van der Waals surface area contributed by atoms with Gasteiger partial charge in [-0.2, -0.15) is 0 Å². The third-order valence-corrected chi connectivity index (χ3v) is 8.71. The number of hydrogen-bond donors (Lipinski definition) is 0. The van der Waals surface area contributed by atoms with E-state index in [1.54, 1.807) is 37.4 Å². The van der Waals surface area contributed by atoms with E-state index in [0.29, 0.717) is 11.1 Å². The maximum absolute atomic E-state index is 14.5. The van der Waals surface area contributed by atoms with Crippen LogP contribution in [-0.4, -0.2) is 34.4 Å². The molecular weight excluding hydrogens is 528 g/mol. The fourth-order valence-electron chi connectivity index (χ4n) is 6.78. The van der Waals surface area contributed by atoms with Gasteiger partial charge in [-0.15, -0.1) is 0 Å². The van der Waals surface area contributed by atoms with Gasteiger partial charge in [-0.3, -0.25) is 19.4 Å². The first-order valence-corrected chi connectivity index (χ1v) is 13.0. The van der Waals surface area contributed by atoms with Gasteiger partial charge >= 0.3 is 0 Å². The summed E-state index contributed by atoms with van der Waals surface area (Å²) in [4.78, 5) is 49.2. The van der Waals surface area contributed by atoms with E-state index in [0.717, 1.165) is 32.2 Å². The number of carbonyl (C=O) groups is 3. The maximum Gasteiger partial charge on any atom is 0.180 e. The number of anilines is 1. The zero-order valence-electron chi connectivity index (χ0n) is 19.9. The number of Topliss-reactive ketones (excluding diaryl/α,β-unsaturated/α-hetero) is 3. The Kier molecular flexibility index (Phi) is 4.70. The highest BCUT2D eigenvalue weighted by Gasteiger charge is 2.71. The topological polar surface area (TPSA) is 67.3 Å². The number of fused-ring (bicyclic) bond motifs is 7. The Morgan fingerprint density at radius 3 is 2.30 bits per heavy atom. The summed E-state index contributed by atoms with van der Waals surface area (Å²) in [6, 6.07) is 21.2. The van der Waals surface area contributed by atoms with Gasteiger partial charge in [0.25, 0.3) is 0 Å². The lowest BCUT2D eigenvalue weighted by molar-refractivity contribution is -0.118. The fourth-order valence-corrected chi connectivity index (χ4v) is 7.04. The normalized spacial score (nSPS) is 22.9. The third kappa shape index (κ3) is 2.79. The molecule has 3 aromatic carbocycles. The van der Waals surface area contributed by atoms with Crippen LogP contribution < -0.4 is 4.90 Å². The molecule has 5 nitrogen and oxygen atoms in total. The standard InChI is InChI=1S/C31H21BrN2O3/c1-17(35)27-25(18-10-13-21(32)14-11-18)31(29(36)22-6-2-3-7-23(22)30(31)37)24-15-12-20-9-8-19-5-4-16-33-26(19)28(20)34(24)27/h2-16,24-25,27H,1H3/t24?,25-,27-/m0/s1. The van der Waals surface area contributed by atoms with Crippen LogP contribution in [0.3, 0.4) is 0 Å². The largest absolute Gasteiger partial charge is 0.351 e. The summed E-state index contributed by atoms with van der Waals surface area (Å²) in [7, 11) is 0. The molecule has 3 atom stereocenters. The molecule has 0 radical (unpaired) electrons. The Labute approximate surface area is 222 Å². The lowest BCUT2D eigenvalue weighted by Crippen LogP contribution is -2.48. The van der Waals surface area contributed by atoms with Gasteiger partial charge < -0.3 is 4.90 Å². The van der Waals surface area contributed by atoms with Crippen molar-refractivity contribution in [3.05, 3.63) is 112 Å². The fraction of sp³-hybridized carbons (Fsp3) is 0.161. The van der Waals surface area contributed by atoms with Crippen molar-refractivity contribution >= 4 is 55.9 Å². The van der Waals surface area contributed by atoms with Gasteiger partial charge in [-0.1, -0.05) is 82.7 Å². The van der Waals surface area contributed by atoms with E-state index in [-0.39, 0.29) is 17.3 Å². The molecule has 1 unspecified atom stereocenters. The van der Waals surface area contributed by atoms with Crippen molar-refractivity contribution < 1.29 is 14.4 Å². The second-order valence-corrected chi connectivity index (χ2v) is 10.9. The number of halogens is 1. The zero-order valence-corrected chi connectivity index (χ0v) is 21.5. The molecule has 1 saturated heterocycles. The summed E-state index contributed by atoms with van der Waals surface area (Å²) in [5.74, 6) is -1.22. The van der Waals surface area contributed by atoms with Crippen LogP contribution in [0.2, 0.25) is 0 Å². The molecule has 3 heterocycles. The predicted molar refractivity (Wildman–Crippen MR) is 146 cm³/mol. The van der Waals surface area contributed by atoms with E-state index in [1.165, 1.54) is 0 Å². The van der Waals surface area contributed by atoms with Gasteiger partial charge in [0.05, 0.1) is 23.3 Å². The summed E-state index contributed by atoms with van der Waals surface area (Å²) >= 11 is 3.50. The number of nitrogens with zero attached hydrogens (tertiary/aromatic N) is 2. The van der Waals surface area contributed by atoms with Crippen LogP contribution in [0.15, 0.2) is 89.5 Å². The van der Waals surface area contributed by atoms with Crippen LogP contribution in [0.5, 0.6) is 0 Å². The first-order valence-electron chi connectivity index (χ1n) is 12.2. The van der Waals surface area contributed by atoms with Crippen molar-refractivity contribution in [1.29, 1.82) is 0 Å². The summed E-state index contributed by atoms with van der Waals surface area (Å²) < 4.78 is 0.883. The van der Waals surface area contributed by atoms with Crippen molar-refractivity contribution in [3.8, 4) is 0 Å². The smallest absolute Gasteiger partial charge is 0.180 e. The second-order valence-electron chi connectivity index (χ2n) is 9.95. The average molecular weight is 549 g/mol. The second kappa shape index (κ2) is 7.80. The number of hydrogen-bond acceptors (Lipinski definition) is 5. The molecule has 0 amide bonds. The predicted octanol–water partition coefficient (Wildman–Crippen LogP) is 6.02. The monoisotopic (exact) mass is 548 g/mol. The molecule has 7 rings (SSSR count). The number of benzene rings is 3. The van der Waals surface area contributed by atoms with Gasteiger partial charge in [-0.25, -0.2) is 0 Å². The van der Waals surface area contributed by atoms with Crippen LogP contribution in [0.25, 0.3) is 17.0 Å². The highest BCUT2D eigenvalue weighted by Crippen LogP contribution is 2.61. The summed E-state index contributed by atoms with van der Waals surface area (Å²) in [6.45, 7) is 1.56. The number of carbonyl (C=O) groups excluding carboxylic acids is 3. The van der Waals surface area contributed by atoms with Gasteiger partial charge in [0.1, 0.15) is 5.41 Å². The molecule has 37 heavy (non-hydrogen) atoms. The third-order valence-electron chi connectivity index (χ3n) is 8.18. The highest BCUT2D eigenvalue weighted by atomic mass is 79.9. The first-order chi connectivity index (χ1) is 17.9. The van der Waals surface area contributed by atoms with E-state index in [2.05, 4.69) is 20.9 Å². The maximum atomic E-state index is 14.5. The summed E-state index contributed by atoms with van der Waals surface area (Å²) in [6.07, 6.45) is 5.64. The Bertz CT molecular complexity index is 1660. The Morgan fingerprint density at radius 1 is 0.919 bits per heavy atom. The molecule has 3 aliphatic rings. The Morgan fingerprint density at radius 2 is 1.62 bits per heavy atom. The van der Waals surface area contributed by atoms with Crippen LogP contribution >= 0.6 is 15.9 Å². The van der Waals surface area contributed by atoms with E-state index in [1.807, 2.05) is 65.6 Å². The lowest BCUT2D eigenvalue weighted by atomic mass is 9.64. The lowest BCUT2D eigenvalue weighted by Gasteiger charge is -2.37. The number of pyridine rings is 1. The van der Waals surface area contributed by atoms with Gasteiger partial charge in [0.2, 0.25) is 0 Å². The quantitative estimate of drug-likeness (QED) is 0.286. The molecule has 0 saturated carbocycles. The molecule has 1 spiro atoms. The van der Waals surface area contributed by atoms with E-state index < -0.39 is 23.4 Å². The Balaban J connectivity index is 1.58. The SMILES string of the molecule is CC(=O)[C@H]1[C@H](c2ccc(Br)cc2)C2(C(=O)c3ccccc3C2=O)C2C=Cc3ccc4cccnc4c3N21. The number of aromatic nitrogens is 1. The first kappa shape index (κ1) is 22.3. The van der Waals surface area contributed by atoms with Crippen molar-refractivity contribution in [2.45, 2.75) is 24.9 Å². The van der Waals surface area contributed by atoms with Crippen LogP contribution in [0.1, 0.15) is 44.7 Å². The van der Waals surface area contributed by atoms with E-state index in [4.69, 9.17) is 0 Å². The van der Waals surface area contributed by atoms with Gasteiger partial charge in [0, 0.05) is 33.1 Å². The van der Waals surface area contributed by atoms with Gasteiger partial charge in [-0.05, 0) is 36.2 Å². The molecule has 1 aromatic heterocycles. The molecular formula is C31H21BrN2O3. The minimum atomic E-state index is -1.47. The van der Waals surface area contributed by atoms with Crippen LogP contribution in [0, 0.1) is 5.41 Å². The van der Waals surface area contributed by atoms with Crippen molar-refractivity contribution in [2.75, 3.05) is 4.90 Å². The van der Waals surface area contributed by atoms with Crippen molar-refractivity contribution in [2.24, 2.45) is 5.41 Å². The van der Waals surface area contributed by atoms with E-state index in [9.17, 15) is 14.4 Å². The van der Waals surface area contributed by atoms with E-state index >= 15 is 0 Å². The zero-order chi connectivity index (χ0) is 25.5. The molecule has 6 heteroatoms. The Hall–Kier alpha value is -3.90. The minimum absolute atomic E-state index is 0.0967. The average Bonchev–Trinajstić information content (AvgIpc) is 3.35. The number of ketones is 3. The summed E-state index contributed by atoms with van der Waals surface area (Å²) in [5, 5.41) is 0.936. The van der Waals surface area contributed by atoms with Crippen LogP contribution in [-0.2, 0) is 4.79 Å². The van der Waals surface area contributed by atoms with Gasteiger partial charge in [0.15, 0.2) is 17.3 Å². The molecule has 180 valence electrons. The molecule has 2 aliphatic heterocycles. The molecule has 0 N–H and O–H groups in total. The minimum Gasteiger partial charge on any atom is -0.351 e. The molecule has 1 aliphatic carbocycles. The van der Waals surface area contributed by atoms with Crippen LogP contribution in [0.4, 0.5) is 5.69 Å². The molecule has 4 aromatic rings.